The molecule has 0 unspecified atom stereocenters. The third-order valence-electron chi connectivity index (χ3n) is 8.01. The summed E-state index contributed by atoms with van der Waals surface area (Å²) in [5, 5.41) is 6.56. The molecule has 0 spiro atoms. The van der Waals surface area contributed by atoms with Crippen LogP contribution in [0.1, 0.15) is 51.9 Å². The zero-order valence-electron chi connectivity index (χ0n) is 24.0. The normalized spacial score (nSPS) is 16.0. The first-order valence-electron chi connectivity index (χ1n) is 14.7. The van der Waals surface area contributed by atoms with E-state index < -0.39 is 0 Å². The van der Waals surface area contributed by atoms with E-state index in [0.717, 1.165) is 36.4 Å². The van der Waals surface area contributed by atoms with Gasteiger partial charge in [-0.25, -0.2) is 0 Å². The highest BCUT2D eigenvalue weighted by molar-refractivity contribution is 6.37. The van der Waals surface area contributed by atoms with Crippen molar-refractivity contribution in [2.75, 3.05) is 30.8 Å². The Labute approximate surface area is 247 Å². The number of rotatable bonds is 8. The first-order valence-corrected chi connectivity index (χ1v) is 14.7. The van der Waals surface area contributed by atoms with Gasteiger partial charge < -0.3 is 15.5 Å². The van der Waals surface area contributed by atoms with Gasteiger partial charge in [0, 0.05) is 42.6 Å². The Morgan fingerprint density at radius 3 is 2.21 bits per heavy atom. The number of piperidine rings is 1. The van der Waals surface area contributed by atoms with Crippen molar-refractivity contribution >= 4 is 34.5 Å². The molecule has 1 saturated heterocycles. The van der Waals surface area contributed by atoms with E-state index in [9.17, 15) is 9.59 Å². The summed E-state index contributed by atoms with van der Waals surface area (Å²) >= 11 is 0. The fourth-order valence-electron chi connectivity index (χ4n) is 5.80. The largest absolute Gasteiger partial charge is 0.354 e. The minimum absolute atomic E-state index is 0.0983. The maximum atomic E-state index is 13.5. The van der Waals surface area contributed by atoms with Gasteiger partial charge in [-0.2, -0.15) is 0 Å². The second kappa shape index (κ2) is 12.5. The summed E-state index contributed by atoms with van der Waals surface area (Å²) in [6, 6.07) is 33.7. The van der Waals surface area contributed by atoms with Crippen molar-refractivity contribution in [2.45, 2.75) is 32.4 Å². The van der Waals surface area contributed by atoms with Crippen molar-refractivity contribution in [1.29, 1.82) is 0 Å². The van der Waals surface area contributed by atoms with Gasteiger partial charge in [-0.1, -0.05) is 79.2 Å². The molecule has 4 aromatic rings. The molecular formula is C36H36N4O2. The van der Waals surface area contributed by atoms with Crippen molar-refractivity contribution in [1.82, 2.24) is 9.80 Å². The molecule has 2 heterocycles. The van der Waals surface area contributed by atoms with Gasteiger partial charge in [0.15, 0.2) is 0 Å². The van der Waals surface area contributed by atoms with Crippen LogP contribution in [0.2, 0.25) is 0 Å². The Morgan fingerprint density at radius 2 is 1.50 bits per heavy atom. The van der Waals surface area contributed by atoms with Gasteiger partial charge in [-0.3, -0.25) is 14.5 Å². The van der Waals surface area contributed by atoms with Gasteiger partial charge in [0.05, 0.1) is 11.3 Å². The quantitative estimate of drug-likeness (QED) is 0.232. The molecule has 0 saturated carbocycles. The molecule has 2 aliphatic heterocycles. The molecule has 2 aliphatic rings. The molecule has 6 heteroatoms. The fourth-order valence-corrected chi connectivity index (χ4v) is 5.80. The average molecular weight is 557 g/mol. The molecule has 212 valence electrons. The molecule has 6 rings (SSSR count). The van der Waals surface area contributed by atoms with Crippen LogP contribution in [-0.4, -0.2) is 41.8 Å². The number of likely N-dealkylation sites (tertiary alicyclic amines) is 1. The lowest BCUT2D eigenvalue weighted by atomic mass is 9.98. The zero-order valence-corrected chi connectivity index (χ0v) is 24.0. The second-order valence-corrected chi connectivity index (χ2v) is 11.1. The number of carbonyl (C=O) groups excluding carboxylic acids is 2. The Kier molecular flexibility index (Phi) is 8.15. The van der Waals surface area contributed by atoms with Crippen molar-refractivity contribution in [3.8, 4) is 0 Å². The van der Waals surface area contributed by atoms with Gasteiger partial charge in [-0.15, -0.1) is 0 Å². The summed E-state index contributed by atoms with van der Waals surface area (Å²) in [6.45, 7) is 3.77. The molecule has 0 aliphatic carbocycles. The molecular weight excluding hydrogens is 520 g/mol. The maximum Gasteiger partial charge on any atom is 0.258 e. The molecule has 2 amide bonds. The number of carbonyl (C=O) groups is 2. The van der Waals surface area contributed by atoms with Crippen molar-refractivity contribution < 1.29 is 9.59 Å². The Bertz CT molecular complexity index is 1590. The molecule has 0 bridgehead atoms. The number of amides is 2. The molecule has 0 aromatic heterocycles. The van der Waals surface area contributed by atoms with E-state index >= 15 is 0 Å². The number of nitrogens with zero attached hydrogens (tertiary/aromatic N) is 2. The second-order valence-electron chi connectivity index (χ2n) is 11.1. The first-order chi connectivity index (χ1) is 20.5. The smallest absolute Gasteiger partial charge is 0.258 e. The monoisotopic (exact) mass is 556 g/mol. The van der Waals surface area contributed by atoms with E-state index in [1.54, 1.807) is 18.0 Å². The number of hydrogen-bond acceptors (Lipinski definition) is 4. The lowest BCUT2D eigenvalue weighted by molar-refractivity contribution is -0.110. The minimum atomic E-state index is -0.194. The van der Waals surface area contributed by atoms with E-state index in [4.69, 9.17) is 0 Å². The van der Waals surface area contributed by atoms with Gasteiger partial charge in [0.2, 0.25) is 0 Å². The average Bonchev–Trinajstić information content (AvgIpc) is 3.36. The first kappa shape index (κ1) is 27.5. The lowest BCUT2D eigenvalue weighted by Crippen LogP contribution is -2.29. The van der Waals surface area contributed by atoms with Crippen LogP contribution in [0.3, 0.4) is 0 Å². The third-order valence-corrected chi connectivity index (χ3v) is 8.01. The van der Waals surface area contributed by atoms with E-state index in [2.05, 4.69) is 39.8 Å². The Hall–Kier alpha value is -4.68. The third kappa shape index (κ3) is 6.14. The van der Waals surface area contributed by atoms with Crippen LogP contribution in [0.25, 0.3) is 11.3 Å². The van der Waals surface area contributed by atoms with Crippen LogP contribution in [0.15, 0.2) is 103 Å². The summed E-state index contributed by atoms with van der Waals surface area (Å²) < 4.78 is 0. The Morgan fingerprint density at radius 1 is 0.810 bits per heavy atom. The van der Waals surface area contributed by atoms with Crippen LogP contribution in [-0.2, 0) is 17.9 Å². The topological polar surface area (TPSA) is 64.7 Å². The fraction of sp³-hybridized carbons (Fsp3) is 0.222. The van der Waals surface area contributed by atoms with Crippen molar-refractivity contribution in [3.05, 3.63) is 131 Å². The van der Waals surface area contributed by atoms with E-state index in [0.29, 0.717) is 34.6 Å². The van der Waals surface area contributed by atoms with Gasteiger partial charge in [-0.05, 0) is 73.0 Å². The molecule has 6 nitrogen and oxygen atoms in total. The summed E-state index contributed by atoms with van der Waals surface area (Å²) in [5.41, 5.74) is 7.32. The van der Waals surface area contributed by atoms with Crippen LogP contribution in [0.4, 0.5) is 11.4 Å². The summed E-state index contributed by atoms with van der Waals surface area (Å²) in [7, 11) is 1.80. The number of hydrogen-bond donors (Lipinski definition) is 2. The highest BCUT2D eigenvalue weighted by Crippen LogP contribution is 2.38. The van der Waals surface area contributed by atoms with E-state index in [1.165, 1.54) is 24.8 Å². The Balaban J connectivity index is 1.31. The van der Waals surface area contributed by atoms with Crippen molar-refractivity contribution in [2.24, 2.45) is 0 Å². The maximum absolute atomic E-state index is 13.5. The predicted molar refractivity (Wildman–Crippen MR) is 170 cm³/mol. The number of fused-ring (bicyclic) bond motifs is 1. The zero-order chi connectivity index (χ0) is 28.9. The van der Waals surface area contributed by atoms with Gasteiger partial charge in [0.1, 0.15) is 0 Å². The number of anilines is 2. The minimum Gasteiger partial charge on any atom is -0.354 e. The predicted octanol–water partition coefficient (Wildman–Crippen LogP) is 6.88. The highest BCUT2D eigenvalue weighted by atomic mass is 16.2. The molecule has 0 atom stereocenters. The van der Waals surface area contributed by atoms with E-state index in [1.807, 2.05) is 72.8 Å². The van der Waals surface area contributed by atoms with Crippen LogP contribution in [0.5, 0.6) is 0 Å². The van der Waals surface area contributed by atoms with Gasteiger partial charge >= 0.3 is 0 Å². The van der Waals surface area contributed by atoms with Crippen LogP contribution >= 0.6 is 0 Å². The van der Waals surface area contributed by atoms with Gasteiger partial charge in [0.25, 0.3) is 11.8 Å². The summed E-state index contributed by atoms with van der Waals surface area (Å²) in [4.78, 5) is 31.1. The number of benzene rings is 4. The molecule has 42 heavy (non-hydrogen) atoms. The summed E-state index contributed by atoms with van der Waals surface area (Å²) in [5.74, 6) is -0.292. The summed E-state index contributed by atoms with van der Waals surface area (Å²) in [6.07, 6.45) is 3.87. The standard InChI is InChI=1S/C36H36N4O2/c1-39(24-26-11-5-2-6-12-26)36(42)29-17-20-32-31(23-29)33(35(41)38-32)34(28-13-7-3-8-14-28)37-30-18-15-27(16-19-30)25-40-21-9-4-10-22-40/h2-3,5-8,11-20,23,37H,4,9-10,21-22,24-25H2,1H3,(H,38,41). The van der Waals surface area contributed by atoms with E-state index in [-0.39, 0.29) is 11.8 Å². The molecule has 4 aromatic carbocycles. The highest BCUT2D eigenvalue weighted by Gasteiger charge is 2.30. The molecule has 2 N–H and O–H groups in total. The lowest BCUT2D eigenvalue weighted by Gasteiger charge is -2.26. The number of nitrogens with one attached hydrogen (secondary N) is 2. The van der Waals surface area contributed by atoms with Crippen molar-refractivity contribution in [3.63, 3.8) is 0 Å². The molecule has 0 radical (unpaired) electrons. The molecule has 1 fully saturated rings. The van der Waals surface area contributed by atoms with Crippen LogP contribution < -0.4 is 10.6 Å². The SMILES string of the molecule is CN(Cc1ccccc1)C(=O)c1ccc2c(c1)C(=C(Nc1ccc(CN3CCCCC3)cc1)c1ccccc1)C(=O)N2. The van der Waals surface area contributed by atoms with Crippen LogP contribution in [0, 0.1) is 0 Å².